The predicted molar refractivity (Wildman–Crippen MR) is 294 cm³/mol. The fourth-order valence-corrected chi connectivity index (χ4v) is 15.0. The number of aryl methyl sites for hydroxylation is 2. The van der Waals surface area contributed by atoms with Gasteiger partial charge >= 0.3 is 0 Å². The van der Waals surface area contributed by atoms with Gasteiger partial charge in [0.25, 0.3) is 26.0 Å². The van der Waals surface area contributed by atoms with E-state index in [-0.39, 0.29) is 87.6 Å². The lowest BCUT2D eigenvalue weighted by molar-refractivity contribution is 0.0932. The highest BCUT2D eigenvalue weighted by molar-refractivity contribution is 7.90. The number of rotatable bonds is 11. The smallest absolute Gasteiger partial charge is 0.280 e. The average Bonchev–Trinajstić information content (AvgIpc) is 4.40. The first-order valence-corrected chi connectivity index (χ1v) is 31.7. The molecule has 24 heteroatoms. The Balaban J connectivity index is 0.000000199. The molecule has 0 saturated carbocycles. The van der Waals surface area contributed by atoms with Crippen molar-refractivity contribution in [1.29, 1.82) is 10.5 Å². The van der Waals surface area contributed by atoms with Crippen LogP contribution >= 0.6 is 11.3 Å². The molecule has 400 valence electrons. The maximum atomic E-state index is 14.7. The van der Waals surface area contributed by atoms with Crippen LogP contribution < -0.4 is 10.2 Å². The number of nitriles is 2. The van der Waals surface area contributed by atoms with Crippen molar-refractivity contribution in [2.75, 3.05) is 56.7 Å². The van der Waals surface area contributed by atoms with Crippen LogP contribution in [0.4, 0.5) is 10.1 Å². The van der Waals surface area contributed by atoms with E-state index in [0.717, 1.165) is 52.2 Å². The zero-order valence-electron chi connectivity index (χ0n) is 42.2. The van der Waals surface area contributed by atoms with Crippen LogP contribution in [0.1, 0.15) is 69.1 Å². The summed E-state index contributed by atoms with van der Waals surface area (Å²) in [6.45, 7) is 5.45. The minimum absolute atomic E-state index is 0.00386. The number of aromatic nitrogens is 3. The standard InChI is InChI=1S/C31H32N6O5S3.C22H20FN3O4S2/c1-21-5-8-25(9-6-21)45(41,42)37-28(22-11-15-36(16-12-22)44(2,39)40)18-26-27(10-7-23(19-32)29(26)37)35-14-3-4-24(20-35)34-30(38)31-33-13-17-43-31;1-15-3-6-18(7-4-15)32(29,30)26-21(16-9-11-25(12-10-16)31(2,27)28)13-19-20(23)8-5-17(14-24)22(19)26/h5-11,13,17-18,24H,3-4,12,14-16,20H2,1-2H3,(H,34,38);3-9,13H,10-12H2,1-2H3/t24-;/m1./s1. The summed E-state index contributed by atoms with van der Waals surface area (Å²) in [6, 6.07) is 25.9. The normalized spacial score (nSPS) is 17.0. The molecule has 0 aliphatic carbocycles. The van der Waals surface area contributed by atoms with E-state index in [4.69, 9.17) is 0 Å². The quantitative estimate of drug-likeness (QED) is 0.135. The molecule has 0 spiro atoms. The molecule has 3 aliphatic heterocycles. The number of hydrogen-bond donors (Lipinski definition) is 1. The van der Waals surface area contributed by atoms with Crippen LogP contribution in [0.2, 0.25) is 0 Å². The van der Waals surface area contributed by atoms with E-state index < -0.39 is 45.9 Å². The average molecular weight is 1140 g/mol. The number of sulfonamides is 2. The van der Waals surface area contributed by atoms with Crippen LogP contribution in [-0.4, -0.2) is 119 Å². The van der Waals surface area contributed by atoms with Gasteiger partial charge in [-0.2, -0.15) is 19.1 Å². The third kappa shape index (κ3) is 11.0. The van der Waals surface area contributed by atoms with Gasteiger partial charge in [0.05, 0.1) is 55.9 Å². The minimum atomic E-state index is -4.18. The summed E-state index contributed by atoms with van der Waals surface area (Å²) in [6.07, 6.45) is 9.36. The molecule has 3 aromatic heterocycles. The van der Waals surface area contributed by atoms with Gasteiger partial charge in [0, 0.05) is 73.3 Å². The molecule has 1 atom stereocenters. The Labute approximate surface area is 450 Å². The van der Waals surface area contributed by atoms with E-state index >= 15 is 0 Å². The Bertz CT molecular complexity index is 4100. The van der Waals surface area contributed by atoms with Gasteiger partial charge in [-0.1, -0.05) is 47.5 Å². The second-order valence-electron chi connectivity index (χ2n) is 19.0. The van der Waals surface area contributed by atoms with Gasteiger partial charge in [-0.15, -0.1) is 11.3 Å². The van der Waals surface area contributed by atoms with Crippen molar-refractivity contribution < 1.29 is 42.9 Å². The molecule has 10 rings (SSSR count). The number of fused-ring (bicyclic) bond motifs is 2. The summed E-state index contributed by atoms with van der Waals surface area (Å²) in [5, 5.41) is 25.6. The van der Waals surface area contributed by atoms with Crippen molar-refractivity contribution >= 4 is 96.0 Å². The number of piperidine rings is 1. The Kier molecular flexibility index (Phi) is 15.2. The second-order valence-corrected chi connectivity index (χ2v) is 27.4. The van der Waals surface area contributed by atoms with Crippen LogP contribution in [0.15, 0.2) is 118 Å². The minimum Gasteiger partial charge on any atom is -0.369 e. The number of anilines is 1. The van der Waals surface area contributed by atoms with E-state index in [0.29, 0.717) is 46.7 Å². The van der Waals surface area contributed by atoms with Gasteiger partial charge in [-0.25, -0.2) is 51.0 Å². The molecule has 0 radical (unpaired) electrons. The number of halogens is 1. The van der Waals surface area contributed by atoms with Crippen LogP contribution in [0.5, 0.6) is 0 Å². The summed E-state index contributed by atoms with van der Waals surface area (Å²) in [4.78, 5) is 19.1. The molecule has 1 N–H and O–H groups in total. The highest BCUT2D eigenvalue weighted by Crippen LogP contribution is 2.40. The lowest BCUT2D eigenvalue weighted by Crippen LogP contribution is -2.47. The highest BCUT2D eigenvalue weighted by atomic mass is 32.2. The molecule has 1 saturated heterocycles. The van der Waals surface area contributed by atoms with Crippen LogP contribution in [0.3, 0.4) is 0 Å². The van der Waals surface area contributed by atoms with Crippen molar-refractivity contribution in [2.24, 2.45) is 0 Å². The van der Waals surface area contributed by atoms with Gasteiger partial charge in [-0.05, 0) is 111 Å². The fraction of sp³-hybridized carbons (Fsp3) is 0.283. The molecule has 3 aliphatic rings. The van der Waals surface area contributed by atoms with E-state index in [2.05, 4.69) is 21.3 Å². The van der Waals surface area contributed by atoms with Crippen LogP contribution in [0, 0.1) is 42.3 Å². The molecule has 18 nitrogen and oxygen atoms in total. The molecule has 7 aromatic rings. The monoisotopic (exact) mass is 1140 g/mol. The maximum Gasteiger partial charge on any atom is 0.280 e. The Morgan fingerprint density at radius 1 is 0.688 bits per heavy atom. The van der Waals surface area contributed by atoms with Crippen LogP contribution in [-0.2, 0) is 40.1 Å². The van der Waals surface area contributed by atoms with Gasteiger partial charge in [-0.3, -0.25) is 4.79 Å². The molecule has 1 fully saturated rings. The third-order valence-corrected chi connectivity index (χ3v) is 20.6. The lowest BCUT2D eigenvalue weighted by Gasteiger charge is -2.35. The van der Waals surface area contributed by atoms with Gasteiger partial charge in [0.2, 0.25) is 20.0 Å². The van der Waals surface area contributed by atoms with Gasteiger partial charge in [0.1, 0.15) is 18.0 Å². The summed E-state index contributed by atoms with van der Waals surface area (Å²) < 4.78 is 124. The van der Waals surface area contributed by atoms with Crippen molar-refractivity contribution in [1.82, 2.24) is 26.9 Å². The largest absolute Gasteiger partial charge is 0.369 e. The van der Waals surface area contributed by atoms with E-state index in [9.17, 15) is 53.4 Å². The van der Waals surface area contributed by atoms with Crippen LogP contribution in [0.25, 0.3) is 33.0 Å². The zero-order chi connectivity index (χ0) is 55.2. The van der Waals surface area contributed by atoms with E-state index in [1.165, 1.54) is 48.2 Å². The Hall–Kier alpha value is -7.03. The maximum absolute atomic E-state index is 14.7. The summed E-state index contributed by atoms with van der Waals surface area (Å²) >= 11 is 1.27. The number of benzene rings is 4. The van der Waals surface area contributed by atoms with Gasteiger partial charge in [0.15, 0.2) is 5.01 Å². The number of thiazole rings is 1. The molecule has 0 unspecified atom stereocenters. The predicted octanol–water partition coefficient (Wildman–Crippen LogP) is 7.21. The first-order valence-electron chi connectivity index (χ1n) is 24.2. The number of nitrogens with one attached hydrogen (secondary N) is 1. The third-order valence-electron chi connectivity index (χ3n) is 13.8. The summed E-state index contributed by atoms with van der Waals surface area (Å²) in [5.41, 5.74) is 4.87. The van der Waals surface area contributed by atoms with E-state index in [1.54, 1.807) is 72.3 Å². The summed E-state index contributed by atoms with van der Waals surface area (Å²) in [7, 11) is -15.2. The Morgan fingerprint density at radius 3 is 1.64 bits per heavy atom. The van der Waals surface area contributed by atoms with Gasteiger partial charge < -0.3 is 10.2 Å². The number of carbonyl (C=O) groups is 1. The fourth-order valence-electron chi connectivity index (χ4n) is 9.83. The lowest BCUT2D eigenvalue weighted by atomic mass is 10.0. The first-order chi connectivity index (χ1) is 36.5. The van der Waals surface area contributed by atoms with Crippen molar-refractivity contribution in [3.63, 3.8) is 0 Å². The molecule has 77 heavy (non-hydrogen) atoms. The first kappa shape index (κ1) is 54.7. The van der Waals surface area contributed by atoms with E-state index in [1.807, 2.05) is 26.0 Å². The second kappa shape index (κ2) is 21.4. The topological polar surface area (TPSA) is 246 Å². The zero-order valence-corrected chi connectivity index (χ0v) is 46.3. The van der Waals surface area contributed by atoms with Crippen molar-refractivity contribution in [3.8, 4) is 12.1 Å². The molecular formula is C53H52FN9O9S5. The highest BCUT2D eigenvalue weighted by Gasteiger charge is 2.33. The molecule has 6 heterocycles. The number of carbonyl (C=O) groups excluding carboxylic acids is 1. The summed E-state index contributed by atoms with van der Waals surface area (Å²) in [5.74, 6) is -0.876. The molecular weight excluding hydrogens is 1090 g/mol. The Morgan fingerprint density at radius 2 is 1.18 bits per heavy atom. The molecule has 1 amide bonds. The number of amides is 1. The van der Waals surface area contributed by atoms with Crippen molar-refractivity contribution in [2.45, 2.75) is 55.4 Å². The SMILES string of the molecule is Cc1ccc(S(=O)(=O)n2c(C3=CCN(S(C)(=O)=O)CC3)cc3c(F)ccc(C#N)c32)cc1.Cc1ccc(S(=O)(=O)n2c(C3=CCN(S(C)(=O)=O)CC3)cc3c(N4CCC[C@@H](NC(=O)c5nccs5)C4)ccc(C#N)c32)cc1. The number of hydrogen-bond acceptors (Lipinski definition) is 14. The molecule has 4 aromatic carbocycles. The molecule has 0 bridgehead atoms. The number of nitrogens with zero attached hydrogens (tertiary/aromatic N) is 8. The van der Waals surface area contributed by atoms with Crippen molar-refractivity contribution in [3.05, 3.63) is 153 Å².